The predicted molar refractivity (Wildman–Crippen MR) is 44.6 cm³/mol. The lowest BCUT2D eigenvalue weighted by molar-refractivity contribution is 0.473. The maximum Gasteiger partial charge on any atom is 0.327 e. The first kappa shape index (κ1) is 7.53. The number of aromatic amines is 2. The molecule has 0 fully saturated rings. The van der Waals surface area contributed by atoms with Crippen LogP contribution in [0.4, 0.5) is 0 Å². The molecular formula is C7H5N3O3. The minimum Gasteiger partial charge on any atom is -0.506 e. The second kappa shape index (κ2) is 2.44. The molecule has 0 bridgehead atoms. The highest BCUT2D eigenvalue weighted by Crippen LogP contribution is 2.09. The number of fused-ring (bicyclic) bond motifs is 1. The van der Waals surface area contributed by atoms with Gasteiger partial charge in [0, 0.05) is 0 Å². The van der Waals surface area contributed by atoms with E-state index in [2.05, 4.69) is 9.97 Å². The molecule has 66 valence electrons. The minimum absolute atomic E-state index is 0.120. The molecule has 6 heteroatoms. The summed E-state index contributed by atoms with van der Waals surface area (Å²) in [5.74, 6) is -0.120. The van der Waals surface area contributed by atoms with Gasteiger partial charge >= 0.3 is 5.69 Å². The summed E-state index contributed by atoms with van der Waals surface area (Å²) in [6.07, 6.45) is 1.15. The van der Waals surface area contributed by atoms with Gasteiger partial charge in [0.1, 0.15) is 11.4 Å². The van der Waals surface area contributed by atoms with E-state index in [4.69, 9.17) is 5.11 Å². The third-order valence-corrected chi connectivity index (χ3v) is 1.58. The van der Waals surface area contributed by atoms with Crippen molar-refractivity contribution in [3.8, 4) is 5.75 Å². The topological polar surface area (TPSA) is 98.8 Å². The highest BCUT2D eigenvalue weighted by atomic mass is 16.3. The fourth-order valence-corrected chi connectivity index (χ4v) is 1.04. The van der Waals surface area contributed by atoms with Crippen LogP contribution in [0.15, 0.2) is 21.9 Å². The zero-order valence-electron chi connectivity index (χ0n) is 6.37. The van der Waals surface area contributed by atoms with Crippen LogP contribution in [0.2, 0.25) is 0 Å². The number of rotatable bonds is 0. The van der Waals surface area contributed by atoms with E-state index in [-0.39, 0.29) is 16.8 Å². The summed E-state index contributed by atoms with van der Waals surface area (Å²) in [6, 6.07) is 1.23. The van der Waals surface area contributed by atoms with Crippen molar-refractivity contribution in [2.24, 2.45) is 0 Å². The number of H-pyrrole nitrogens is 2. The fraction of sp³-hybridized carbons (Fsp3) is 0. The Morgan fingerprint density at radius 2 is 2.08 bits per heavy atom. The molecule has 3 N–H and O–H groups in total. The second-order valence-electron chi connectivity index (χ2n) is 2.50. The van der Waals surface area contributed by atoms with Crippen molar-refractivity contribution in [1.29, 1.82) is 0 Å². The largest absolute Gasteiger partial charge is 0.506 e. The molecule has 0 aromatic carbocycles. The molecule has 0 spiro atoms. The number of hydrogen-bond donors (Lipinski definition) is 3. The number of nitrogens with zero attached hydrogens (tertiary/aromatic N) is 1. The van der Waals surface area contributed by atoms with Gasteiger partial charge in [0.05, 0.1) is 11.6 Å². The molecule has 2 rings (SSSR count). The Balaban J connectivity index is 3.04. The van der Waals surface area contributed by atoms with Crippen LogP contribution >= 0.6 is 0 Å². The monoisotopic (exact) mass is 179 g/mol. The van der Waals surface area contributed by atoms with Gasteiger partial charge < -0.3 is 5.11 Å². The molecule has 0 atom stereocenters. The molecular weight excluding hydrogens is 174 g/mol. The quantitative estimate of drug-likeness (QED) is 0.498. The van der Waals surface area contributed by atoms with Gasteiger partial charge in [-0.25, -0.2) is 9.78 Å². The van der Waals surface area contributed by atoms with Crippen molar-refractivity contribution in [2.75, 3.05) is 0 Å². The van der Waals surface area contributed by atoms with E-state index in [0.29, 0.717) is 0 Å². The predicted octanol–water partition coefficient (Wildman–Crippen LogP) is -0.683. The van der Waals surface area contributed by atoms with E-state index in [1.807, 2.05) is 4.98 Å². The SMILES string of the molecule is O=c1[nH]c(=O)c2cc(O)cnc2[nH]1. The smallest absolute Gasteiger partial charge is 0.327 e. The van der Waals surface area contributed by atoms with Crippen LogP contribution in [0.25, 0.3) is 11.0 Å². The molecule has 2 aromatic rings. The summed E-state index contributed by atoms with van der Waals surface area (Å²) in [6.45, 7) is 0. The van der Waals surface area contributed by atoms with E-state index in [9.17, 15) is 9.59 Å². The van der Waals surface area contributed by atoms with Crippen molar-refractivity contribution in [3.63, 3.8) is 0 Å². The zero-order chi connectivity index (χ0) is 9.42. The van der Waals surface area contributed by atoms with Crippen LogP contribution in [-0.2, 0) is 0 Å². The van der Waals surface area contributed by atoms with Crippen molar-refractivity contribution in [1.82, 2.24) is 15.0 Å². The first-order chi connectivity index (χ1) is 6.16. The molecule has 0 unspecified atom stereocenters. The average Bonchev–Trinajstić information content (AvgIpc) is 2.06. The summed E-state index contributed by atoms with van der Waals surface area (Å²) in [7, 11) is 0. The van der Waals surface area contributed by atoms with Crippen LogP contribution in [0, 0.1) is 0 Å². The number of pyridine rings is 1. The third-order valence-electron chi connectivity index (χ3n) is 1.58. The lowest BCUT2D eigenvalue weighted by atomic mass is 10.3. The Bertz CT molecular complexity index is 569. The molecule has 0 aliphatic heterocycles. The van der Waals surface area contributed by atoms with Gasteiger partial charge in [0.15, 0.2) is 0 Å². The maximum atomic E-state index is 11.1. The number of aromatic nitrogens is 3. The van der Waals surface area contributed by atoms with Gasteiger partial charge in [-0.15, -0.1) is 0 Å². The Morgan fingerprint density at radius 1 is 1.31 bits per heavy atom. The molecule has 0 amide bonds. The van der Waals surface area contributed by atoms with E-state index in [0.717, 1.165) is 6.20 Å². The molecule has 0 aliphatic carbocycles. The molecule has 0 saturated heterocycles. The molecule has 2 heterocycles. The molecule has 0 aliphatic rings. The summed E-state index contributed by atoms with van der Waals surface area (Å²) in [4.78, 5) is 29.9. The van der Waals surface area contributed by atoms with E-state index < -0.39 is 11.2 Å². The van der Waals surface area contributed by atoms with Crippen LogP contribution in [0.5, 0.6) is 5.75 Å². The lowest BCUT2D eigenvalue weighted by Gasteiger charge is -1.94. The molecule has 0 saturated carbocycles. The van der Waals surface area contributed by atoms with Gasteiger partial charge in [-0.3, -0.25) is 14.8 Å². The average molecular weight is 179 g/mol. The normalized spacial score (nSPS) is 10.5. The van der Waals surface area contributed by atoms with Crippen molar-refractivity contribution in [3.05, 3.63) is 33.1 Å². The number of hydrogen-bond acceptors (Lipinski definition) is 4. The Hall–Kier alpha value is -2.11. The van der Waals surface area contributed by atoms with Crippen LogP contribution in [0.3, 0.4) is 0 Å². The van der Waals surface area contributed by atoms with Crippen molar-refractivity contribution >= 4 is 11.0 Å². The van der Waals surface area contributed by atoms with E-state index >= 15 is 0 Å². The van der Waals surface area contributed by atoms with E-state index in [1.54, 1.807) is 0 Å². The zero-order valence-corrected chi connectivity index (χ0v) is 6.37. The van der Waals surface area contributed by atoms with Crippen molar-refractivity contribution in [2.45, 2.75) is 0 Å². The molecule has 6 nitrogen and oxygen atoms in total. The highest BCUT2D eigenvalue weighted by molar-refractivity contribution is 5.74. The number of aromatic hydroxyl groups is 1. The van der Waals surface area contributed by atoms with Gasteiger partial charge in [0.2, 0.25) is 0 Å². The van der Waals surface area contributed by atoms with Gasteiger partial charge in [-0.2, -0.15) is 0 Å². The van der Waals surface area contributed by atoms with Gasteiger partial charge in [-0.1, -0.05) is 0 Å². The minimum atomic E-state index is -0.615. The maximum absolute atomic E-state index is 11.1. The molecule has 2 aromatic heterocycles. The molecule has 13 heavy (non-hydrogen) atoms. The Morgan fingerprint density at radius 3 is 2.85 bits per heavy atom. The Kier molecular flexibility index (Phi) is 1.42. The van der Waals surface area contributed by atoms with Crippen molar-refractivity contribution < 1.29 is 5.11 Å². The highest BCUT2D eigenvalue weighted by Gasteiger charge is 2.01. The molecule has 0 radical (unpaired) electrons. The summed E-state index contributed by atoms with van der Waals surface area (Å²) in [5.41, 5.74) is -1.02. The fourth-order valence-electron chi connectivity index (χ4n) is 1.04. The number of nitrogens with one attached hydrogen (secondary N) is 2. The van der Waals surface area contributed by atoms with Crippen LogP contribution < -0.4 is 11.2 Å². The summed E-state index contributed by atoms with van der Waals surface area (Å²) < 4.78 is 0. The third kappa shape index (κ3) is 1.18. The van der Waals surface area contributed by atoms with Gasteiger partial charge in [0.25, 0.3) is 5.56 Å². The standard InChI is InChI=1S/C7H5N3O3/c11-3-1-4-5(8-2-3)9-7(13)10-6(4)12/h1-2,11H,(H2,8,9,10,12,13). The Labute approximate surface area is 70.9 Å². The second-order valence-corrected chi connectivity index (χ2v) is 2.50. The lowest BCUT2D eigenvalue weighted by Crippen LogP contribution is -2.22. The van der Waals surface area contributed by atoms with E-state index in [1.165, 1.54) is 6.07 Å². The van der Waals surface area contributed by atoms with Crippen LogP contribution in [0.1, 0.15) is 0 Å². The summed E-state index contributed by atoms with van der Waals surface area (Å²) in [5, 5.41) is 9.17. The van der Waals surface area contributed by atoms with Crippen LogP contribution in [-0.4, -0.2) is 20.1 Å². The summed E-state index contributed by atoms with van der Waals surface area (Å²) >= 11 is 0. The van der Waals surface area contributed by atoms with Gasteiger partial charge in [-0.05, 0) is 6.07 Å². The first-order valence-corrected chi connectivity index (χ1v) is 3.48. The first-order valence-electron chi connectivity index (χ1n) is 3.48.